The van der Waals surface area contributed by atoms with Gasteiger partial charge in [0.25, 0.3) is 0 Å². The molecule has 0 saturated heterocycles. The first-order chi connectivity index (χ1) is 9.69. The summed E-state index contributed by atoms with van der Waals surface area (Å²) in [6, 6.07) is 9.26. The summed E-state index contributed by atoms with van der Waals surface area (Å²) in [5.74, 6) is 0. The Morgan fingerprint density at radius 1 is 1.15 bits per heavy atom. The van der Waals surface area contributed by atoms with Crippen molar-refractivity contribution in [1.29, 1.82) is 0 Å². The van der Waals surface area contributed by atoms with Crippen molar-refractivity contribution in [3.05, 3.63) is 63.9 Å². The molecule has 3 aromatic rings. The van der Waals surface area contributed by atoms with Crippen molar-refractivity contribution in [3.8, 4) is 0 Å². The second kappa shape index (κ2) is 5.44. The molecule has 0 bridgehead atoms. The highest BCUT2D eigenvalue weighted by Crippen LogP contribution is 2.25. The predicted molar refractivity (Wildman–Crippen MR) is 81.2 cm³/mol. The zero-order chi connectivity index (χ0) is 14.1. The average molecular weight is 307 g/mol. The molecule has 0 atom stereocenters. The van der Waals surface area contributed by atoms with Crippen LogP contribution in [0.25, 0.3) is 11.0 Å². The van der Waals surface area contributed by atoms with E-state index in [0.717, 1.165) is 22.2 Å². The summed E-state index contributed by atoms with van der Waals surface area (Å²) in [5.41, 5.74) is 2.66. The molecular formula is C15H12Cl2N2O. The van der Waals surface area contributed by atoms with Gasteiger partial charge in [0.15, 0.2) is 0 Å². The Kier molecular flexibility index (Phi) is 3.66. The summed E-state index contributed by atoms with van der Waals surface area (Å²) in [7, 11) is 0. The maximum Gasteiger partial charge on any atom is 0.140 e. The minimum absolute atomic E-state index is 0.0104. The van der Waals surface area contributed by atoms with Crippen LogP contribution in [-0.4, -0.2) is 14.7 Å². The third-order valence-corrected chi connectivity index (χ3v) is 3.83. The molecular weight excluding hydrogens is 295 g/mol. The molecule has 3 nitrogen and oxygen atoms in total. The second-order valence-corrected chi connectivity index (χ2v) is 5.39. The molecule has 1 aromatic carbocycles. The standard InChI is InChI=1S/C15H12Cl2N2O/c16-12-4-3-10(14(17)6-12)7-19-8-11(9-20)13-2-1-5-18-15(13)19/h1-6,8,20H,7,9H2. The number of hydrogen-bond acceptors (Lipinski definition) is 2. The van der Waals surface area contributed by atoms with Crippen LogP contribution >= 0.6 is 23.2 Å². The largest absolute Gasteiger partial charge is 0.392 e. The lowest BCUT2D eigenvalue weighted by Gasteiger charge is -2.07. The maximum absolute atomic E-state index is 9.42. The van der Waals surface area contributed by atoms with Gasteiger partial charge < -0.3 is 9.67 Å². The van der Waals surface area contributed by atoms with E-state index in [1.54, 1.807) is 12.3 Å². The van der Waals surface area contributed by atoms with Crippen LogP contribution in [0.15, 0.2) is 42.7 Å². The van der Waals surface area contributed by atoms with Crippen LogP contribution < -0.4 is 0 Å². The molecule has 0 radical (unpaired) electrons. The third kappa shape index (κ3) is 2.40. The van der Waals surface area contributed by atoms with E-state index in [0.29, 0.717) is 16.6 Å². The topological polar surface area (TPSA) is 38.0 Å². The first-order valence-electron chi connectivity index (χ1n) is 6.16. The first-order valence-corrected chi connectivity index (χ1v) is 6.92. The Balaban J connectivity index is 2.06. The highest BCUT2D eigenvalue weighted by molar-refractivity contribution is 6.35. The number of benzene rings is 1. The number of aromatic nitrogens is 2. The van der Waals surface area contributed by atoms with Gasteiger partial charge in [0.05, 0.1) is 13.2 Å². The van der Waals surface area contributed by atoms with Crippen LogP contribution in [-0.2, 0) is 13.2 Å². The van der Waals surface area contributed by atoms with Crippen molar-refractivity contribution in [2.45, 2.75) is 13.2 Å². The molecule has 0 amide bonds. The minimum atomic E-state index is -0.0104. The van der Waals surface area contributed by atoms with E-state index in [9.17, 15) is 5.11 Å². The first kappa shape index (κ1) is 13.4. The van der Waals surface area contributed by atoms with Crippen LogP contribution in [0.3, 0.4) is 0 Å². The van der Waals surface area contributed by atoms with Crippen molar-refractivity contribution in [2.75, 3.05) is 0 Å². The summed E-state index contributed by atoms with van der Waals surface area (Å²) >= 11 is 12.1. The van der Waals surface area contributed by atoms with Crippen molar-refractivity contribution in [1.82, 2.24) is 9.55 Å². The van der Waals surface area contributed by atoms with Gasteiger partial charge in [-0.3, -0.25) is 0 Å². The molecule has 3 rings (SSSR count). The van der Waals surface area contributed by atoms with Crippen molar-refractivity contribution in [2.24, 2.45) is 0 Å². The van der Waals surface area contributed by atoms with Gasteiger partial charge >= 0.3 is 0 Å². The monoisotopic (exact) mass is 306 g/mol. The number of aliphatic hydroxyl groups excluding tert-OH is 1. The lowest BCUT2D eigenvalue weighted by atomic mass is 10.2. The van der Waals surface area contributed by atoms with Crippen LogP contribution in [0.2, 0.25) is 10.0 Å². The van der Waals surface area contributed by atoms with Gasteiger partial charge in [0.1, 0.15) is 5.65 Å². The minimum Gasteiger partial charge on any atom is -0.392 e. The Labute approximate surface area is 126 Å². The van der Waals surface area contributed by atoms with Crippen molar-refractivity contribution >= 4 is 34.2 Å². The van der Waals surface area contributed by atoms with E-state index in [1.165, 1.54) is 0 Å². The molecule has 20 heavy (non-hydrogen) atoms. The summed E-state index contributed by atoms with van der Waals surface area (Å²) in [6.07, 6.45) is 3.64. The molecule has 0 aliphatic carbocycles. The number of aliphatic hydroxyl groups is 1. The quantitative estimate of drug-likeness (QED) is 0.797. The maximum atomic E-state index is 9.42. The van der Waals surface area contributed by atoms with Crippen LogP contribution in [0.4, 0.5) is 0 Å². The molecule has 1 N–H and O–H groups in total. The lowest BCUT2D eigenvalue weighted by molar-refractivity contribution is 0.283. The smallest absolute Gasteiger partial charge is 0.140 e. The fourth-order valence-electron chi connectivity index (χ4n) is 2.28. The molecule has 2 heterocycles. The molecule has 0 aliphatic rings. The summed E-state index contributed by atoms with van der Waals surface area (Å²) in [4.78, 5) is 4.38. The molecule has 5 heteroatoms. The van der Waals surface area contributed by atoms with E-state index in [2.05, 4.69) is 4.98 Å². The normalized spacial score (nSPS) is 11.2. The third-order valence-electron chi connectivity index (χ3n) is 3.24. The zero-order valence-electron chi connectivity index (χ0n) is 10.6. The number of halogens is 2. The number of rotatable bonds is 3. The van der Waals surface area contributed by atoms with Gasteiger partial charge in [-0.2, -0.15) is 0 Å². The van der Waals surface area contributed by atoms with Gasteiger partial charge in [-0.15, -0.1) is 0 Å². The van der Waals surface area contributed by atoms with Crippen molar-refractivity contribution in [3.63, 3.8) is 0 Å². The molecule has 102 valence electrons. The Bertz CT molecular complexity index is 768. The Hall–Kier alpha value is -1.55. The van der Waals surface area contributed by atoms with Crippen molar-refractivity contribution < 1.29 is 5.11 Å². The summed E-state index contributed by atoms with van der Waals surface area (Å²) < 4.78 is 1.98. The van der Waals surface area contributed by atoms with Crippen LogP contribution in [0.1, 0.15) is 11.1 Å². The number of fused-ring (bicyclic) bond motifs is 1. The SMILES string of the molecule is OCc1cn(Cc2ccc(Cl)cc2Cl)c2ncccc12. The van der Waals surface area contributed by atoms with E-state index < -0.39 is 0 Å². The Morgan fingerprint density at radius 2 is 2.00 bits per heavy atom. The second-order valence-electron chi connectivity index (χ2n) is 4.55. The molecule has 0 fully saturated rings. The lowest BCUT2D eigenvalue weighted by Crippen LogP contribution is -1.99. The average Bonchev–Trinajstić information content (AvgIpc) is 2.80. The Morgan fingerprint density at radius 3 is 2.75 bits per heavy atom. The zero-order valence-corrected chi connectivity index (χ0v) is 12.1. The molecule has 0 saturated carbocycles. The van der Waals surface area contributed by atoms with E-state index in [-0.39, 0.29) is 6.61 Å². The number of nitrogens with zero attached hydrogens (tertiary/aromatic N) is 2. The van der Waals surface area contributed by atoms with Crippen LogP contribution in [0, 0.1) is 0 Å². The predicted octanol–water partition coefficient (Wildman–Crippen LogP) is 3.88. The van der Waals surface area contributed by atoms with Gasteiger partial charge in [0.2, 0.25) is 0 Å². The molecule has 0 aliphatic heterocycles. The molecule has 2 aromatic heterocycles. The molecule has 0 spiro atoms. The number of hydrogen-bond donors (Lipinski definition) is 1. The van der Waals surface area contributed by atoms with Crippen LogP contribution in [0.5, 0.6) is 0 Å². The summed E-state index contributed by atoms with van der Waals surface area (Å²) in [6.45, 7) is 0.576. The van der Waals surface area contributed by atoms with Gasteiger partial charge in [-0.05, 0) is 29.8 Å². The number of pyridine rings is 1. The molecule has 0 unspecified atom stereocenters. The summed E-state index contributed by atoms with van der Waals surface area (Å²) in [5, 5.41) is 11.6. The fraction of sp³-hybridized carbons (Fsp3) is 0.133. The van der Waals surface area contributed by atoms with E-state index in [4.69, 9.17) is 23.2 Å². The van der Waals surface area contributed by atoms with Gasteiger partial charge in [0, 0.05) is 33.4 Å². The van der Waals surface area contributed by atoms with E-state index in [1.807, 2.05) is 35.0 Å². The highest BCUT2D eigenvalue weighted by Gasteiger charge is 2.10. The van der Waals surface area contributed by atoms with E-state index >= 15 is 0 Å². The fourth-order valence-corrected chi connectivity index (χ4v) is 2.74. The van der Waals surface area contributed by atoms with Gasteiger partial charge in [-0.1, -0.05) is 29.3 Å². The van der Waals surface area contributed by atoms with Gasteiger partial charge in [-0.25, -0.2) is 4.98 Å². The highest BCUT2D eigenvalue weighted by atomic mass is 35.5.